The number of nitrogens with one attached hydrogen (secondary N) is 2. The fourth-order valence-corrected chi connectivity index (χ4v) is 3.39. The molecule has 1 aliphatic heterocycles. The second-order valence-electron chi connectivity index (χ2n) is 4.50. The van der Waals surface area contributed by atoms with Crippen molar-refractivity contribution in [2.75, 3.05) is 11.9 Å². The smallest absolute Gasteiger partial charge is 0.261 e. The third-order valence-corrected chi connectivity index (χ3v) is 4.41. The van der Waals surface area contributed by atoms with Gasteiger partial charge in [0.2, 0.25) is 0 Å². The number of nitriles is 1. The van der Waals surface area contributed by atoms with E-state index in [4.69, 9.17) is 4.52 Å². The summed E-state index contributed by atoms with van der Waals surface area (Å²) in [6.07, 6.45) is 2.20. The first kappa shape index (κ1) is 12.8. The summed E-state index contributed by atoms with van der Waals surface area (Å²) in [7, 11) is 0. The van der Waals surface area contributed by atoms with Crippen molar-refractivity contribution in [3.05, 3.63) is 33.5 Å². The second-order valence-corrected chi connectivity index (χ2v) is 5.60. The molecule has 6 nitrogen and oxygen atoms in total. The molecule has 3 rings (SSSR count). The molecule has 0 bridgehead atoms. The lowest BCUT2D eigenvalue weighted by Crippen LogP contribution is -2.22. The zero-order valence-electron chi connectivity index (χ0n) is 10.8. The molecular formula is C13H12N4O2S. The number of anilines is 1. The summed E-state index contributed by atoms with van der Waals surface area (Å²) in [5, 5.41) is 19.6. The van der Waals surface area contributed by atoms with Crippen LogP contribution in [-0.4, -0.2) is 17.6 Å². The SMILES string of the molecule is Cc1oncc1C(=O)Nc1sc2c(c1C#N)CCNC2. The van der Waals surface area contributed by atoms with E-state index in [-0.39, 0.29) is 5.91 Å². The van der Waals surface area contributed by atoms with Gasteiger partial charge in [-0.15, -0.1) is 11.3 Å². The Bertz CT molecular complexity index is 711. The van der Waals surface area contributed by atoms with Gasteiger partial charge in [-0.1, -0.05) is 5.16 Å². The number of hydrogen-bond donors (Lipinski definition) is 2. The van der Waals surface area contributed by atoms with Crippen LogP contribution in [0.25, 0.3) is 0 Å². The Kier molecular flexibility index (Phi) is 3.26. The summed E-state index contributed by atoms with van der Waals surface area (Å²) in [6, 6.07) is 2.20. The van der Waals surface area contributed by atoms with E-state index in [1.165, 1.54) is 17.5 Å². The highest BCUT2D eigenvalue weighted by Gasteiger charge is 2.23. The Hall–Kier alpha value is -2.17. The number of carbonyl (C=O) groups excluding carboxylic acids is 1. The molecule has 0 aromatic carbocycles. The number of thiophene rings is 1. The molecule has 7 heteroatoms. The van der Waals surface area contributed by atoms with Gasteiger partial charge in [-0.2, -0.15) is 5.26 Å². The van der Waals surface area contributed by atoms with Crippen molar-refractivity contribution in [2.24, 2.45) is 0 Å². The average Bonchev–Trinajstić information content (AvgIpc) is 3.01. The quantitative estimate of drug-likeness (QED) is 0.879. The minimum Gasteiger partial charge on any atom is -0.361 e. The van der Waals surface area contributed by atoms with Gasteiger partial charge in [0.05, 0.1) is 11.8 Å². The molecule has 2 aromatic rings. The first-order chi connectivity index (χ1) is 9.70. The molecule has 0 saturated carbocycles. The predicted octanol–water partition coefficient (Wildman–Crippen LogP) is 1.81. The summed E-state index contributed by atoms with van der Waals surface area (Å²) in [5.41, 5.74) is 2.01. The lowest BCUT2D eigenvalue weighted by atomic mass is 10.1. The summed E-state index contributed by atoms with van der Waals surface area (Å²) in [4.78, 5) is 13.3. The van der Waals surface area contributed by atoms with Gasteiger partial charge in [-0.25, -0.2) is 0 Å². The maximum absolute atomic E-state index is 12.1. The standard InChI is InChI=1S/C13H12N4O2S/c1-7-10(5-16-19-7)12(18)17-13-9(4-14)8-2-3-15-6-11(8)20-13/h5,15H,2-3,6H2,1H3,(H,17,18). The van der Waals surface area contributed by atoms with Crippen molar-refractivity contribution >= 4 is 22.2 Å². The molecule has 0 unspecified atom stereocenters. The maximum Gasteiger partial charge on any atom is 0.261 e. The minimum atomic E-state index is -0.299. The monoisotopic (exact) mass is 288 g/mol. The highest BCUT2D eigenvalue weighted by molar-refractivity contribution is 7.16. The van der Waals surface area contributed by atoms with E-state index >= 15 is 0 Å². The second kappa shape index (κ2) is 5.07. The van der Waals surface area contributed by atoms with Crippen LogP contribution >= 0.6 is 11.3 Å². The molecule has 1 aliphatic rings. The number of fused-ring (bicyclic) bond motifs is 1. The fourth-order valence-electron chi connectivity index (χ4n) is 2.23. The summed E-state index contributed by atoms with van der Waals surface area (Å²) >= 11 is 1.45. The molecular weight excluding hydrogens is 276 g/mol. The molecule has 102 valence electrons. The van der Waals surface area contributed by atoms with Crippen molar-refractivity contribution < 1.29 is 9.32 Å². The van der Waals surface area contributed by atoms with Gasteiger partial charge >= 0.3 is 0 Å². The van der Waals surface area contributed by atoms with Gasteiger partial charge in [-0.05, 0) is 25.5 Å². The van der Waals surface area contributed by atoms with Crippen LogP contribution in [0.5, 0.6) is 0 Å². The number of carbonyl (C=O) groups is 1. The van der Waals surface area contributed by atoms with Crippen LogP contribution in [-0.2, 0) is 13.0 Å². The Labute approximate surface area is 119 Å². The molecule has 2 N–H and O–H groups in total. The van der Waals surface area contributed by atoms with Crippen LogP contribution in [0, 0.1) is 18.3 Å². The lowest BCUT2D eigenvalue weighted by Gasteiger charge is -2.11. The van der Waals surface area contributed by atoms with Gasteiger partial charge in [0.15, 0.2) is 0 Å². The summed E-state index contributed by atoms with van der Waals surface area (Å²) in [5.74, 6) is 0.163. The predicted molar refractivity (Wildman–Crippen MR) is 73.6 cm³/mol. The van der Waals surface area contributed by atoms with Crippen molar-refractivity contribution in [3.63, 3.8) is 0 Å². The Morgan fingerprint density at radius 2 is 2.50 bits per heavy atom. The van der Waals surface area contributed by atoms with E-state index in [1.54, 1.807) is 6.92 Å². The van der Waals surface area contributed by atoms with Crippen LogP contribution < -0.4 is 10.6 Å². The van der Waals surface area contributed by atoms with Gasteiger partial charge in [0, 0.05) is 11.4 Å². The normalized spacial score (nSPS) is 13.6. The summed E-state index contributed by atoms with van der Waals surface area (Å²) in [6.45, 7) is 3.28. The topological polar surface area (TPSA) is 91.0 Å². The number of nitrogens with zero attached hydrogens (tertiary/aromatic N) is 2. The van der Waals surface area contributed by atoms with Crippen molar-refractivity contribution in [2.45, 2.75) is 19.9 Å². The third-order valence-electron chi connectivity index (χ3n) is 3.26. The van der Waals surface area contributed by atoms with Crippen LogP contribution in [0.15, 0.2) is 10.7 Å². The van der Waals surface area contributed by atoms with Crippen molar-refractivity contribution in [1.29, 1.82) is 5.26 Å². The molecule has 0 atom stereocenters. The molecule has 20 heavy (non-hydrogen) atoms. The third kappa shape index (κ3) is 2.09. The Balaban J connectivity index is 1.92. The van der Waals surface area contributed by atoms with Gasteiger partial charge in [-0.3, -0.25) is 4.79 Å². The molecule has 3 heterocycles. The Morgan fingerprint density at radius 3 is 3.20 bits per heavy atom. The first-order valence-corrected chi connectivity index (χ1v) is 7.00. The molecule has 0 fully saturated rings. The zero-order chi connectivity index (χ0) is 14.1. The number of aromatic nitrogens is 1. The number of hydrogen-bond acceptors (Lipinski definition) is 6. The number of rotatable bonds is 2. The highest BCUT2D eigenvalue weighted by Crippen LogP contribution is 2.35. The van der Waals surface area contributed by atoms with E-state index in [0.29, 0.717) is 21.9 Å². The van der Waals surface area contributed by atoms with E-state index in [1.807, 2.05) is 0 Å². The fraction of sp³-hybridized carbons (Fsp3) is 0.308. The van der Waals surface area contributed by atoms with E-state index in [0.717, 1.165) is 30.0 Å². The minimum absolute atomic E-state index is 0.299. The average molecular weight is 288 g/mol. The number of aryl methyl sites for hydroxylation is 1. The largest absolute Gasteiger partial charge is 0.361 e. The van der Waals surface area contributed by atoms with Gasteiger partial charge in [0.25, 0.3) is 5.91 Å². The zero-order valence-corrected chi connectivity index (χ0v) is 11.6. The van der Waals surface area contributed by atoms with Crippen LogP contribution in [0.4, 0.5) is 5.00 Å². The molecule has 1 amide bonds. The number of amides is 1. The van der Waals surface area contributed by atoms with E-state index in [9.17, 15) is 10.1 Å². The molecule has 0 spiro atoms. The van der Waals surface area contributed by atoms with E-state index in [2.05, 4.69) is 21.9 Å². The molecule has 0 radical (unpaired) electrons. The lowest BCUT2D eigenvalue weighted by molar-refractivity contribution is 0.102. The van der Waals surface area contributed by atoms with E-state index < -0.39 is 0 Å². The molecule has 0 aliphatic carbocycles. The van der Waals surface area contributed by atoms with Crippen LogP contribution in [0.3, 0.4) is 0 Å². The van der Waals surface area contributed by atoms with Crippen LogP contribution in [0.2, 0.25) is 0 Å². The molecule has 2 aromatic heterocycles. The van der Waals surface area contributed by atoms with Crippen molar-refractivity contribution in [3.8, 4) is 6.07 Å². The van der Waals surface area contributed by atoms with Crippen molar-refractivity contribution in [1.82, 2.24) is 10.5 Å². The molecule has 0 saturated heterocycles. The Morgan fingerprint density at radius 1 is 1.65 bits per heavy atom. The first-order valence-electron chi connectivity index (χ1n) is 6.18. The van der Waals surface area contributed by atoms with Gasteiger partial charge < -0.3 is 15.2 Å². The summed E-state index contributed by atoms with van der Waals surface area (Å²) < 4.78 is 4.88. The highest BCUT2D eigenvalue weighted by atomic mass is 32.1. The maximum atomic E-state index is 12.1. The van der Waals surface area contributed by atoms with Gasteiger partial charge in [0.1, 0.15) is 22.4 Å². The van der Waals surface area contributed by atoms with Crippen LogP contribution in [0.1, 0.15) is 32.1 Å².